The molecule has 1 heterocycles. The van der Waals surface area contributed by atoms with Gasteiger partial charge < -0.3 is 45.3 Å². The van der Waals surface area contributed by atoms with Gasteiger partial charge in [0.1, 0.15) is 11.2 Å². The first-order valence-electron chi connectivity index (χ1n) is 13.8. The topological polar surface area (TPSA) is 175 Å². The molecule has 220 valence electrons. The first-order valence-corrected chi connectivity index (χ1v) is 13.8. The van der Waals surface area contributed by atoms with Gasteiger partial charge in [-0.15, -0.1) is 0 Å². The molecule has 9 nitrogen and oxygen atoms in total. The van der Waals surface area contributed by atoms with E-state index in [1.54, 1.807) is 48.5 Å². The average molecular weight is 599 g/mol. The van der Waals surface area contributed by atoms with Crippen LogP contribution < -0.4 is 0 Å². The monoisotopic (exact) mass is 598 g/mol. The van der Waals surface area contributed by atoms with E-state index in [1.165, 1.54) is 0 Å². The van der Waals surface area contributed by atoms with E-state index in [0.29, 0.717) is 33.1 Å². The van der Waals surface area contributed by atoms with Gasteiger partial charge in [0.15, 0.2) is 23.0 Å². The first kappa shape index (κ1) is 26.2. The van der Waals surface area contributed by atoms with Crippen LogP contribution in [0.5, 0.6) is 46.0 Å². The van der Waals surface area contributed by atoms with Crippen LogP contribution >= 0.6 is 0 Å². The van der Waals surface area contributed by atoms with Gasteiger partial charge in [-0.2, -0.15) is 0 Å². The van der Waals surface area contributed by atoms with Crippen molar-refractivity contribution in [3.63, 3.8) is 0 Å². The van der Waals surface area contributed by atoms with Crippen molar-refractivity contribution in [3.05, 3.63) is 84.9 Å². The molecule has 9 heteroatoms. The Morgan fingerprint density at radius 2 is 0.911 bits per heavy atom. The van der Waals surface area contributed by atoms with Gasteiger partial charge in [0.2, 0.25) is 23.0 Å². The summed E-state index contributed by atoms with van der Waals surface area (Å²) in [6.07, 6.45) is 0. The summed E-state index contributed by atoms with van der Waals surface area (Å²) in [6.45, 7) is 0. The molecule has 0 aliphatic carbocycles. The average Bonchev–Trinajstić information content (AvgIpc) is 3.46. The largest absolute Gasteiger partial charge is 0.504 e. The number of hydrogen-bond acceptors (Lipinski definition) is 9. The van der Waals surface area contributed by atoms with Crippen LogP contribution in [0, 0.1) is 0 Å². The SMILES string of the molecule is Oc1c(O)c(O)c2c(-c3cccc4oc5c6ccccc6ccc5c34)c3c(O)c(O)c(O)c(O)c3c(-c3ccccc3)c2c1O. The third-order valence-electron chi connectivity index (χ3n) is 8.51. The van der Waals surface area contributed by atoms with Gasteiger partial charge in [0.05, 0.1) is 0 Å². The van der Waals surface area contributed by atoms with E-state index in [1.807, 2.05) is 36.4 Å². The molecule has 0 spiro atoms. The number of furan rings is 1. The zero-order valence-corrected chi connectivity index (χ0v) is 23.1. The van der Waals surface area contributed by atoms with Crippen LogP contribution in [-0.2, 0) is 0 Å². The number of benzene rings is 7. The minimum absolute atomic E-state index is 0.00855. The highest BCUT2D eigenvalue weighted by Crippen LogP contribution is 2.62. The molecule has 0 amide bonds. The Labute approximate surface area is 252 Å². The predicted molar refractivity (Wildman–Crippen MR) is 170 cm³/mol. The molecule has 45 heavy (non-hydrogen) atoms. The molecule has 0 fully saturated rings. The van der Waals surface area contributed by atoms with Crippen molar-refractivity contribution >= 4 is 54.3 Å². The minimum Gasteiger partial charge on any atom is -0.504 e. The highest BCUT2D eigenvalue weighted by molar-refractivity contribution is 6.31. The summed E-state index contributed by atoms with van der Waals surface area (Å²) in [5, 5.41) is 90.9. The molecular weight excluding hydrogens is 576 g/mol. The van der Waals surface area contributed by atoms with Crippen LogP contribution in [0.1, 0.15) is 0 Å². The summed E-state index contributed by atoms with van der Waals surface area (Å²) in [6, 6.07) is 24.7. The number of fused-ring (bicyclic) bond motifs is 7. The van der Waals surface area contributed by atoms with Gasteiger partial charge in [0.25, 0.3) is 0 Å². The molecule has 0 unspecified atom stereocenters. The van der Waals surface area contributed by atoms with Crippen LogP contribution in [0.15, 0.2) is 89.3 Å². The second-order valence-electron chi connectivity index (χ2n) is 10.8. The van der Waals surface area contributed by atoms with E-state index < -0.39 is 46.0 Å². The number of hydrogen-bond donors (Lipinski definition) is 8. The van der Waals surface area contributed by atoms with Crippen molar-refractivity contribution in [2.75, 3.05) is 0 Å². The van der Waals surface area contributed by atoms with Crippen molar-refractivity contribution in [2.24, 2.45) is 0 Å². The molecule has 0 bridgehead atoms. The maximum absolute atomic E-state index is 11.5. The van der Waals surface area contributed by atoms with Crippen LogP contribution in [0.3, 0.4) is 0 Å². The number of phenols is 8. The molecular formula is C36H22O9. The molecule has 0 atom stereocenters. The quantitative estimate of drug-likeness (QED) is 0.0556. The molecule has 0 radical (unpaired) electrons. The molecule has 0 saturated heterocycles. The number of aromatic hydroxyl groups is 8. The summed E-state index contributed by atoms with van der Waals surface area (Å²) in [5.41, 5.74) is 1.60. The van der Waals surface area contributed by atoms with Crippen molar-refractivity contribution in [3.8, 4) is 68.2 Å². The molecule has 1 aromatic heterocycles. The van der Waals surface area contributed by atoms with Crippen molar-refractivity contribution in [1.82, 2.24) is 0 Å². The Hall–Kier alpha value is -6.48. The highest BCUT2D eigenvalue weighted by atomic mass is 16.4. The van der Waals surface area contributed by atoms with Gasteiger partial charge in [-0.1, -0.05) is 72.8 Å². The number of phenolic OH excluding ortho intramolecular Hbond substituents is 8. The smallest absolute Gasteiger partial charge is 0.204 e. The third kappa shape index (κ3) is 3.31. The second-order valence-corrected chi connectivity index (χ2v) is 10.8. The predicted octanol–water partition coefficient (Wildman–Crippen LogP) is 8.02. The maximum atomic E-state index is 11.5. The lowest BCUT2D eigenvalue weighted by Crippen LogP contribution is -1.95. The van der Waals surface area contributed by atoms with Crippen molar-refractivity contribution in [1.29, 1.82) is 0 Å². The van der Waals surface area contributed by atoms with E-state index in [0.717, 1.165) is 10.8 Å². The lowest BCUT2D eigenvalue weighted by atomic mass is 9.82. The Morgan fingerprint density at radius 3 is 1.51 bits per heavy atom. The summed E-state index contributed by atoms with van der Waals surface area (Å²) in [4.78, 5) is 0. The third-order valence-corrected chi connectivity index (χ3v) is 8.51. The Bertz CT molecular complexity index is 2490. The second kappa shape index (κ2) is 9.01. The fourth-order valence-corrected chi connectivity index (χ4v) is 6.54. The van der Waals surface area contributed by atoms with Crippen molar-refractivity contribution in [2.45, 2.75) is 0 Å². The van der Waals surface area contributed by atoms with E-state index in [9.17, 15) is 40.9 Å². The van der Waals surface area contributed by atoms with Crippen LogP contribution in [0.25, 0.3) is 76.5 Å². The van der Waals surface area contributed by atoms with Gasteiger partial charge in [-0.25, -0.2) is 0 Å². The molecule has 8 N–H and O–H groups in total. The van der Waals surface area contributed by atoms with Gasteiger partial charge in [0, 0.05) is 48.8 Å². The fraction of sp³-hybridized carbons (Fsp3) is 0. The summed E-state index contributed by atoms with van der Waals surface area (Å²) in [5.74, 6) is -7.43. The van der Waals surface area contributed by atoms with Gasteiger partial charge in [-0.3, -0.25) is 0 Å². The van der Waals surface area contributed by atoms with E-state index in [2.05, 4.69) is 0 Å². The summed E-state index contributed by atoms with van der Waals surface area (Å²) >= 11 is 0. The molecule has 8 rings (SSSR count). The number of rotatable bonds is 2. The normalized spacial score (nSPS) is 11.8. The molecule has 0 aliphatic rings. The standard InChI is InChI=1S/C36H22O9/c37-28-24-21(16-8-2-1-3-9-16)25-27(31(40)35(44)33(42)29(25)38)23(26(24)30(39)34(43)32(28)41)18-11-6-12-20-22(18)19-14-13-15-7-4-5-10-17(15)36(19)45-20/h1-14,37-44H. The van der Waals surface area contributed by atoms with E-state index in [-0.39, 0.29) is 32.7 Å². The lowest BCUT2D eigenvalue weighted by molar-refractivity contribution is 0.350. The summed E-state index contributed by atoms with van der Waals surface area (Å²) < 4.78 is 6.34. The fourth-order valence-electron chi connectivity index (χ4n) is 6.54. The molecule has 0 saturated carbocycles. The van der Waals surface area contributed by atoms with Crippen LogP contribution in [0.2, 0.25) is 0 Å². The zero-order valence-electron chi connectivity index (χ0n) is 23.1. The highest BCUT2D eigenvalue weighted by Gasteiger charge is 2.33. The Kier molecular flexibility index (Phi) is 5.24. The first-order chi connectivity index (χ1) is 21.7. The van der Waals surface area contributed by atoms with Crippen LogP contribution in [-0.4, -0.2) is 40.9 Å². The lowest BCUT2D eigenvalue weighted by Gasteiger charge is -2.22. The zero-order chi connectivity index (χ0) is 31.3. The molecule has 7 aromatic carbocycles. The van der Waals surface area contributed by atoms with E-state index in [4.69, 9.17) is 4.42 Å². The molecule has 8 aromatic rings. The summed E-state index contributed by atoms with van der Waals surface area (Å²) in [7, 11) is 0. The maximum Gasteiger partial charge on any atom is 0.204 e. The van der Waals surface area contributed by atoms with Crippen molar-refractivity contribution < 1.29 is 45.3 Å². The Balaban J connectivity index is 1.71. The Morgan fingerprint density at radius 1 is 0.378 bits per heavy atom. The molecule has 0 aliphatic heterocycles. The minimum atomic E-state index is -1.03. The van der Waals surface area contributed by atoms with Crippen LogP contribution in [0.4, 0.5) is 0 Å². The van der Waals surface area contributed by atoms with E-state index >= 15 is 0 Å². The van der Waals surface area contributed by atoms with Gasteiger partial charge >= 0.3 is 0 Å². The van der Waals surface area contributed by atoms with Gasteiger partial charge in [-0.05, 0) is 28.6 Å².